The number of anilines is 3. The van der Waals surface area contributed by atoms with E-state index in [0.29, 0.717) is 18.5 Å². The van der Waals surface area contributed by atoms with Crippen LogP contribution in [0.5, 0.6) is 0 Å². The molecule has 0 aliphatic carbocycles. The quantitative estimate of drug-likeness (QED) is 0.397. The van der Waals surface area contributed by atoms with Gasteiger partial charge in [-0.3, -0.25) is 4.68 Å². The van der Waals surface area contributed by atoms with Gasteiger partial charge >= 0.3 is 0 Å². The maximum Gasteiger partial charge on any atom is 0.227 e. The largest absolute Gasteiger partial charge is 0.394 e. The molecule has 2 N–H and O–H groups in total. The van der Waals surface area contributed by atoms with Gasteiger partial charge < -0.3 is 24.6 Å². The average Bonchev–Trinajstić information content (AvgIpc) is 3.49. The molecule has 1 aliphatic heterocycles. The van der Waals surface area contributed by atoms with Gasteiger partial charge in [-0.1, -0.05) is 0 Å². The van der Waals surface area contributed by atoms with Gasteiger partial charge in [-0.05, 0) is 32.8 Å². The fourth-order valence-corrected chi connectivity index (χ4v) is 4.59. The number of fused-ring (bicyclic) bond motifs is 1. The molecule has 0 aromatic carbocycles. The lowest BCUT2D eigenvalue weighted by atomic mass is 10.1. The summed E-state index contributed by atoms with van der Waals surface area (Å²) in [6.07, 6.45) is 11.9. The molecule has 0 bridgehead atoms. The third-order valence-electron chi connectivity index (χ3n) is 6.51. The number of methoxy groups -OCH3 is 1. The van der Waals surface area contributed by atoms with Crippen LogP contribution in [-0.4, -0.2) is 67.3 Å². The van der Waals surface area contributed by atoms with Crippen LogP contribution in [0.25, 0.3) is 22.0 Å². The predicted octanol–water partition coefficient (Wildman–Crippen LogP) is 3.62. The van der Waals surface area contributed by atoms with E-state index < -0.39 is 0 Å². The molecule has 184 valence electrons. The number of nitrogens with one attached hydrogen (secondary N) is 1. The highest BCUT2D eigenvalue weighted by Crippen LogP contribution is 2.33. The minimum atomic E-state index is 0.0572. The van der Waals surface area contributed by atoms with Crippen molar-refractivity contribution in [3.63, 3.8) is 0 Å². The zero-order chi connectivity index (χ0) is 24.4. The van der Waals surface area contributed by atoms with Gasteiger partial charge in [-0.25, -0.2) is 9.97 Å². The summed E-state index contributed by atoms with van der Waals surface area (Å²) >= 11 is 0. The Morgan fingerprint density at radius 3 is 2.71 bits per heavy atom. The molecule has 5 heterocycles. The molecule has 1 fully saturated rings. The number of nitrogens with zero attached hydrogens (tertiary/aromatic N) is 7. The Kier molecular flexibility index (Phi) is 6.65. The van der Waals surface area contributed by atoms with E-state index in [1.54, 1.807) is 18.0 Å². The first-order valence-electron chi connectivity index (χ1n) is 12.1. The van der Waals surface area contributed by atoms with Gasteiger partial charge in [-0.2, -0.15) is 10.1 Å². The molecule has 10 heteroatoms. The molecule has 4 aromatic rings. The van der Waals surface area contributed by atoms with Crippen LogP contribution in [0.1, 0.15) is 32.7 Å². The molecular formula is C25H32N8O2. The van der Waals surface area contributed by atoms with E-state index in [0.717, 1.165) is 59.7 Å². The number of aliphatic hydroxyl groups excluding tert-OH is 1. The first-order valence-corrected chi connectivity index (χ1v) is 12.1. The third-order valence-corrected chi connectivity index (χ3v) is 6.51. The molecule has 0 spiro atoms. The monoisotopic (exact) mass is 476 g/mol. The third kappa shape index (κ3) is 4.85. The van der Waals surface area contributed by atoms with E-state index >= 15 is 0 Å². The molecule has 4 aromatic heterocycles. The normalized spacial score (nSPS) is 14.8. The van der Waals surface area contributed by atoms with Crippen LogP contribution in [0, 0.1) is 0 Å². The van der Waals surface area contributed by atoms with E-state index in [1.807, 2.05) is 24.7 Å². The summed E-state index contributed by atoms with van der Waals surface area (Å²) < 4.78 is 9.47. The Balaban J connectivity index is 1.41. The topological polar surface area (TPSA) is 106 Å². The van der Waals surface area contributed by atoms with Gasteiger partial charge in [0.05, 0.1) is 31.0 Å². The molecule has 10 nitrogen and oxygen atoms in total. The van der Waals surface area contributed by atoms with E-state index in [9.17, 15) is 5.11 Å². The molecular weight excluding hydrogens is 444 g/mol. The number of aromatic nitrogens is 6. The standard InChI is InChI=1S/C25H32N8O2/c1-17(2)33-16-21(18-13-28-32(15-18)10-11-34)20-14-27-24(12-22(20)33)29-23-4-7-26-25(30-23)31-8-5-19(35-3)6-9-31/h4,7,12-17,19,34H,5-6,8-11H2,1-3H3,(H,26,27,29,30). The maximum absolute atomic E-state index is 9.21. The highest BCUT2D eigenvalue weighted by molar-refractivity contribution is 5.96. The molecule has 0 amide bonds. The summed E-state index contributed by atoms with van der Waals surface area (Å²) in [4.78, 5) is 16.1. The van der Waals surface area contributed by atoms with Crippen molar-refractivity contribution in [1.82, 2.24) is 29.3 Å². The number of aliphatic hydroxyl groups is 1. The fourth-order valence-electron chi connectivity index (χ4n) is 4.59. The molecule has 0 unspecified atom stereocenters. The number of piperidine rings is 1. The average molecular weight is 477 g/mol. The van der Waals surface area contributed by atoms with E-state index in [-0.39, 0.29) is 12.6 Å². The molecule has 0 saturated carbocycles. The second kappa shape index (κ2) is 10.0. The summed E-state index contributed by atoms with van der Waals surface area (Å²) in [5, 5.41) is 18.0. The van der Waals surface area contributed by atoms with E-state index in [1.165, 1.54) is 0 Å². The number of rotatable bonds is 8. The molecule has 35 heavy (non-hydrogen) atoms. The zero-order valence-corrected chi connectivity index (χ0v) is 20.4. The Morgan fingerprint density at radius 2 is 1.97 bits per heavy atom. The van der Waals surface area contributed by atoms with Gasteiger partial charge in [0, 0.05) is 73.6 Å². The van der Waals surface area contributed by atoms with Crippen LogP contribution >= 0.6 is 0 Å². The van der Waals surface area contributed by atoms with Crippen molar-refractivity contribution < 1.29 is 9.84 Å². The summed E-state index contributed by atoms with van der Waals surface area (Å²) in [6, 6.07) is 4.19. The van der Waals surface area contributed by atoms with Crippen LogP contribution in [0.4, 0.5) is 17.6 Å². The number of hydrogen-bond acceptors (Lipinski definition) is 8. The molecule has 1 aliphatic rings. The van der Waals surface area contributed by atoms with Crippen molar-refractivity contribution in [2.75, 3.05) is 37.0 Å². The van der Waals surface area contributed by atoms with Gasteiger partial charge in [-0.15, -0.1) is 0 Å². The smallest absolute Gasteiger partial charge is 0.227 e. The Hall–Kier alpha value is -3.50. The minimum absolute atomic E-state index is 0.0572. The fraction of sp³-hybridized carbons (Fsp3) is 0.440. The molecule has 0 atom stereocenters. The lowest BCUT2D eigenvalue weighted by molar-refractivity contribution is 0.0816. The van der Waals surface area contributed by atoms with E-state index in [4.69, 9.17) is 9.72 Å². The van der Waals surface area contributed by atoms with Gasteiger partial charge in [0.2, 0.25) is 5.95 Å². The molecule has 0 radical (unpaired) electrons. The Morgan fingerprint density at radius 1 is 1.14 bits per heavy atom. The van der Waals surface area contributed by atoms with Crippen molar-refractivity contribution >= 4 is 28.5 Å². The SMILES string of the molecule is COC1CCN(c2nccc(Nc3cc4c(cn3)c(-c3cnn(CCO)c3)cn4C(C)C)n2)CC1. The van der Waals surface area contributed by atoms with Gasteiger partial charge in [0.25, 0.3) is 0 Å². The maximum atomic E-state index is 9.21. The van der Waals surface area contributed by atoms with Crippen LogP contribution in [0.3, 0.4) is 0 Å². The van der Waals surface area contributed by atoms with Gasteiger partial charge in [0.15, 0.2) is 0 Å². The highest BCUT2D eigenvalue weighted by Gasteiger charge is 2.21. The van der Waals surface area contributed by atoms with Gasteiger partial charge in [0.1, 0.15) is 11.6 Å². The van der Waals surface area contributed by atoms with Crippen LogP contribution in [0.15, 0.2) is 43.1 Å². The second-order valence-corrected chi connectivity index (χ2v) is 9.14. The molecule has 1 saturated heterocycles. The molecule has 5 rings (SSSR count). The Labute approximate surface area is 204 Å². The summed E-state index contributed by atoms with van der Waals surface area (Å²) in [5.74, 6) is 2.16. The van der Waals surface area contributed by atoms with Crippen LogP contribution in [0.2, 0.25) is 0 Å². The minimum Gasteiger partial charge on any atom is -0.394 e. The van der Waals surface area contributed by atoms with Crippen LogP contribution < -0.4 is 10.2 Å². The van der Waals surface area contributed by atoms with E-state index in [2.05, 4.69) is 56.0 Å². The lowest BCUT2D eigenvalue weighted by Crippen LogP contribution is -2.37. The number of ether oxygens (including phenoxy) is 1. The number of pyridine rings is 1. The first-order chi connectivity index (χ1) is 17.1. The van der Waals surface area contributed by atoms with Crippen LogP contribution in [-0.2, 0) is 11.3 Å². The van der Waals surface area contributed by atoms with Crippen molar-refractivity contribution in [3.8, 4) is 11.1 Å². The Bertz CT molecular complexity index is 1290. The summed E-state index contributed by atoms with van der Waals surface area (Å²) in [7, 11) is 1.77. The number of hydrogen-bond donors (Lipinski definition) is 2. The van der Waals surface area contributed by atoms with Crippen molar-refractivity contribution in [3.05, 3.63) is 43.1 Å². The summed E-state index contributed by atoms with van der Waals surface area (Å²) in [6.45, 7) is 6.62. The zero-order valence-electron chi connectivity index (χ0n) is 20.4. The van der Waals surface area contributed by atoms with Crippen molar-refractivity contribution in [2.45, 2.75) is 45.4 Å². The predicted molar refractivity (Wildman–Crippen MR) is 136 cm³/mol. The lowest BCUT2D eigenvalue weighted by Gasteiger charge is -2.31. The second-order valence-electron chi connectivity index (χ2n) is 9.14. The first kappa shape index (κ1) is 23.3. The van der Waals surface area contributed by atoms with Crippen molar-refractivity contribution in [2.24, 2.45) is 0 Å². The van der Waals surface area contributed by atoms with Crippen molar-refractivity contribution in [1.29, 1.82) is 0 Å². The summed E-state index contributed by atoms with van der Waals surface area (Å²) in [5.41, 5.74) is 3.15. The highest BCUT2D eigenvalue weighted by atomic mass is 16.5.